The summed E-state index contributed by atoms with van der Waals surface area (Å²) in [4.78, 5) is 26.1. The fourth-order valence-corrected chi connectivity index (χ4v) is 3.19. The lowest BCUT2D eigenvalue weighted by Gasteiger charge is -2.30. The average Bonchev–Trinajstić information content (AvgIpc) is 2.66. The van der Waals surface area contributed by atoms with Crippen LogP contribution >= 0.6 is 23.2 Å². The van der Waals surface area contributed by atoms with Crippen molar-refractivity contribution in [3.05, 3.63) is 33.8 Å². The van der Waals surface area contributed by atoms with Gasteiger partial charge in [-0.1, -0.05) is 42.1 Å². The van der Waals surface area contributed by atoms with Gasteiger partial charge in [-0.05, 0) is 31.9 Å². The summed E-state index contributed by atoms with van der Waals surface area (Å²) < 4.78 is 0. The fourth-order valence-electron chi connectivity index (χ4n) is 2.81. The summed E-state index contributed by atoms with van der Waals surface area (Å²) in [5.41, 5.74) is 0.416. The Kier molecular flexibility index (Phi) is 5.65. The van der Waals surface area contributed by atoms with Gasteiger partial charge in [-0.2, -0.15) is 0 Å². The molecule has 1 heterocycles. The number of benzene rings is 1. The molecule has 1 aromatic rings. The second-order valence-electron chi connectivity index (χ2n) is 5.51. The number of Topliss-reactive ketones (excluding diaryl/α,β-unsaturated/α-hetero) is 1. The molecule has 0 saturated carbocycles. The van der Waals surface area contributed by atoms with Crippen LogP contribution in [0.4, 0.5) is 0 Å². The molecule has 0 bridgehead atoms. The molecule has 1 aliphatic heterocycles. The zero-order valence-electron chi connectivity index (χ0n) is 12.1. The van der Waals surface area contributed by atoms with Gasteiger partial charge in [0.1, 0.15) is 5.78 Å². The van der Waals surface area contributed by atoms with E-state index in [0.29, 0.717) is 23.6 Å². The minimum absolute atomic E-state index is 0.0347. The third-order valence-corrected chi connectivity index (χ3v) is 4.66. The standard InChI is InChI=1S/C16H19Cl2NO2/c1-11(20)10-12-6-3-2-4-9-19(12)16(21)13-7-5-8-14(17)15(13)18/h5,7-8,12H,2-4,6,9-10H2,1H3. The van der Waals surface area contributed by atoms with Crippen LogP contribution in [0.5, 0.6) is 0 Å². The summed E-state index contributed by atoms with van der Waals surface area (Å²) in [6, 6.07) is 5.04. The Morgan fingerprint density at radius 2 is 2.00 bits per heavy atom. The molecule has 2 rings (SSSR count). The third-order valence-electron chi connectivity index (χ3n) is 3.84. The van der Waals surface area contributed by atoms with Gasteiger partial charge in [-0.15, -0.1) is 0 Å². The number of carbonyl (C=O) groups excluding carboxylic acids is 2. The number of ketones is 1. The Bertz CT molecular complexity index is 545. The van der Waals surface area contributed by atoms with Crippen LogP contribution in [0.3, 0.4) is 0 Å². The van der Waals surface area contributed by atoms with E-state index in [4.69, 9.17) is 23.2 Å². The first-order chi connectivity index (χ1) is 10.0. The number of hydrogen-bond donors (Lipinski definition) is 0. The van der Waals surface area contributed by atoms with Crippen molar-refractivity contribution >= 4 is 34.9 Å². The highest BCUT2D eigenvalue weighted by atomic mass is 35.5. The Hall–Kier alpha value is -1.06. The maximum atomic E-state index is 12.8. The molecular formula is C16H19Cl2NO2. The van der Waals surface area contributed by atoms with Gasteiger partial charge in [0.05, 0.1) is 15.6 Å². The normalized spacial score (nSPS) is 19.2. The molecule has 0 radical (unpaired) electrons. The van der Waals surface area contributed by atoms with Crippen molar-refractivity contribution in [2.75, 3.05) is 6.54 Å². The molecular weight excluding hydrogens is 309 g/mol. The van der Waals surface area contributed by atoms with Gasteiger partial charge in [-0.25, -0.2) is 0 Å². The van der Waals surface area contributed by atoms with Crippen molar-refractivity contribution < 1.29 is 9.59 Å². The molecule has 1 saturated heterocycles. The van der Waals surface area contributed by atoms with E-state index in [1.165, 1.54) is 0 Å². The van der Waals surface area contributed by atoms with Crippen LogP contribution in [0.1, 0.15) is 49.4 Å². The second-order valence-corrected chi connectivity index (χ2v) is 6.29. The summed E-state index contributed by atoms with van der Waals surface area (Å²) >= 11 is 12.1. The number of likely N-dealkylation sites (tertiary alicyclic amines) is 1. The van der Waals surface area contributed by atoms with Crippen molar-refractivity contribution in [3.63, 3.8) is 0 Å². The lowest BCUT2D eigenvalue weighted by Crippen LogP contribution is -2.41. The molecule has 1 fully saturated rings. The van der Waals surface area contributed by atoms with Gasteiger partial charge >= 0.3 is 0 Å². The average molecular weight is 328 g/mol. The van der Waals surface area contributed by atoms with Crippen LogP contribution in [0.2, 0.25) is 10.0 Å². The zero-order chi connectivity index (χ0) is 15.4. The van der Waals surface area contributed by atoms with Crippen molar-refractivity contribution in [1.82, 2.24) is 4.90 Å². The van der Waals surface area contributed by atoms with E-state index in [9.17, 15) is 9.59 Å². The van der Waals surface area contributed by atoms with Gasteiger partial charge in [-0.3, -0.25) is 9.59 Å². The van der Waals surface area contributed by atoms with Crippen LogP contribution in [-0.2, 0) is 4.79 Å². The predicted molar refractivity (Wildman–Crippen MR) is 85.1 cm³/mol. The van der Waals surface area contributed by atoms with E-state index in [-0.39, 0.29) is 22.8 Å². The summed E-state index contributed by atoms with van der Waals surface area (Å²) in [5, 5.41) is 0.662. The number of rotatable bonds is 3. The maximum absolute atomic E-state index is 12.8. The fraction of sp³-hybridized carbons (Fsp3) is 0.500. The number of nitrogens with zero attached hydrogens (tertiary/aromatic N) is 1. The molecule has 1 atom stereocenters. The summed E-state index contributed by atoms with van der Waals surface area (Å²) in [6.07, 6.45) is 4.36. The van der Waals surface area contributed by atoms with E-state index in [1.54, 1.807) is 30.0 Å². The molecule has 114 valence electrons. The Morgan fingerprint density at radius 1 is 1.24 bits per heavy atom. The molecule has 5 heteroatoms. The smallest absolute Gasteiger partial charge is 0.255 e. The monoisotopic (exact) mass is 327 g/mol. The molecule has 1 amide bonds. The van der Waals surface area contributed by atoms with E-state index >= 15 is 0 Å². The minimum atomic E-state index is -0.129. The quantitative estimate of drug-likeness (QED) is 0.827. The Labute approximate surface area is 135 Å². The molecule has 0 N–H and O–H groups in total. The van der Waals surface area contributed by atoms with Gasteiger partial charge in [0.2, 0.25) is 0 Å². The van der Waals surface area contributed by atoms with Crippen molar-refractivity contribution in [2.24, 2.45) is 0 Å². The molecule has 0 aliphatic carbocycles. The summed E-state index contributed by atoms with van der Waals surface area (Å²) in [7, 11) is 0. The molecule has 0 spiro atoms. The van der Waals surface area contributed by atoms with E-state index in [0.717, 1.165) is 25.7 Å². The molecule has 1 unspecified atom stereocenters. The molecule has 21 heavy (non-hydrogen) atoms. The van der Waals surface area contributed by atoms with Gasteiger partial charge in [0.15, 0.2) is 0 Å². The SMILES string of the molecule is CC(=O)CC1CCCCCN1C(=O)c1cccc(Cl)c1Cl. The lowest BCUT2D eigenvalue weighted by atomic mass is 10.0. The Morgan fingerprint density at radius 3 is 2.71 bits per heavy atom. The molecule has 3 nitrogen and oxygen atoms in total. The summed E-state index contributed by atoms with van der Waals surface area (Å²) in [5.74, 6) is -0.0208. The molecule has 1 aliphatic rings. The van der Waals surface area contributed by atoms with Crippen molar-refractivity contribution in [1.29, 1.82) is 0 Å². The molecule has 1 aromatic carbocycles. The minimum Gasteiger partial charge on any atom is -0.335 e. The van der Waals surface area contributed by atoms with Crippen LogP contribution in [0, 0.1) is 0 Å². The molecule has 0 aromatic heterocycles. The largest absolute Gasteiger partial charge is 0.335 e. The van der Waals surface area contributed by atoms with Crippen LogP contribution in [0.25, 0.3) is 0 Å². The number of hydrogen-bond acceptors (Lipinski definition) is 2. The van der Waals surface area contributed by atoms with Crippen LogP contribution in [0.15, 0.2) is 18.2 Å². The first-order valence-corrected chi connectivity index (χ1v) is 8.00. The van der Waals surface area contributed by atoms with Gasteiger partial charge in [0, 0.05) is 19.0 Å². The van der Waals surface area contributed by atoms with E-state index in [1.807, 2.05) is 0 Å². The van der Waals surface area contributed by atoms with E-state index < -0.39 is 0 Å². The third kappa shape index (κ3) is 3.98. The lowest BCUT2D eigenvalue weighted by molar-refractivity contribution is -0.118. The Balaban J connectivity index is 2.28. The number of amides is 1. The predicted octanol–water partition coefficient (Wildman–Crippen LogP) is 4.36. The first-order valence-electron chi connectivity index (χ1n) is 7.25. The van der Waals surface area contributed by atoms with Crippen molar-refractivity contribution in [3.8, 4) is 0 Å². The summed E-state index contributed by atoms with van der Waals surface area (Å²) in [6.45, 7) is 2.24. The van der Waals surface area contributed by atoms with Crippen LogP contribution < -0.4 is 0 Å². The number of carbonyl (C=O) groups is 2. The second kappa shape index (κ2) is 7.28. The van der Waals surface area contributed by atoms with E-state index in [2.05, 4.69) is 0 Å². The highest BCUT2D eigenvalue weighted by molar-refractivity contribution is 6.43. The number of halogens is 2. The van der Waals surface area contributed by atoms with Crippen molar-refractivity contribution in [2.45, 2.75) is 45.1 Å². The topological polar surface area (TPSA) is 37.4 Å². The van der Waals surface area contributed by atoms with Crippen LogP contribution in [-0.4, -0.2) is 29.2 Å². The highest BCUT2D eigenvalue weighted by Gasteiger charge is 2.28. The van der Waals surface area contributed by atoms with Gasteiger partial charge in [0.25, 0.3) is 5.91 Å². The highest BCUT2D eigenvalue weighted by Crippen LogP contribution is 2.29. The zero-order valence-corrected chi connectivity index (χ0v) is 13.6. The van der Waals surface area contributed by atoms with Gasteiger partial charge < -0.3 is 4.90 Å². The first kappa shape index (κ1) is 16.3. The maximum Gasteiger partial charge on any atom is 0.255 e.